The Balaban J connectivity index is 1.84. The van der Waals surface area contributed by atoms with Gasteiger partial charge in [0.25, 0.3) is 0 Å². The Labute approximate surface area is 116 Å². The van der Waals surface area contributed by atoms with Crippen LogP contribution in [0.4, 0.5) is 0 Å². The van der Waals surface area contributed by atoms with Gasteiger partial charge in [-0.05, 0) is 12.1 Å². The molecule has 0 radical (unpaired) electrons. The molecular weight excluding hydrogens is 280 g/mol. The van der Waals surface area contributed by atoms with Crippen LogP contribution in [-0.2, 0) is 21.4 Å². The molecule has 0 atom stereocenters. The molecule has 0 aliphatic carbocycles. The first-order valence-corrected chi connectivity index (χ1v) is 7.36. The summed E-state index contributed by atoms with van der Waals surface area (Å²) >= 11 is 0. The zero-order valence-corrected chi connectivity index (χ0v) is 11.4. The minimum absolute atomic E-state index is 0.124. The van der Waals surface area contributed by atoms with Crippen molar-refractivity contribution in [2.45, 2.75) is 11.4 Å². The number of H-pyrrole nitrogens is 1. The molecule has 1 amide bonds. The third kappa shape index (κ3) is 3.90. The van der Waals surface area contributed by atoms with Crippen LogP contribution >= 0.6 is 0 Å². The van der Waals surface area contributed by atoms with Gasteiger partial charge in [-0.15, -0.1) is 0 Å². The normalized spacial score (nSPS) is 11.2. The van der Waals surface area contributed by atoms with Gasteiger partial charge in [-0.2, -0.15) is 0 Å². The minimum Gasteiger partial charge on any atom is -0.348 e. The summed E-state index contributed by atoms with van der Waals surface area (Å²) in [5.74, 6) is 0.171. The van der Waals surface area contributed by atoms with E-state index < -0.39 is 15.9 Å². The van der Waals surface area contributed by atoms with Crippen LogP contribution < -0.4 is 10.0 Å². The largest absolute Gasteiger partial charge is 0.348 e. The number of aromatic nitrogens is 2. The number of nitrogens with zero attached hydrogens (tertiary/aromatic N) is 1. The second kappa shape index (κ2) is 6.31. The van der Waals surface area contributed by atoms with Gasteiger partial charge in [-0.25, -0.2) is 18.1 Å². The molecular formula is C12H14N4O3S. The molecule has 0 saturated carbocycles. The lowest BCUT2D eigenvalue weighted by molar-refractivity contribution is -0.120. The van der Waals surface area contributed by atoms with Gasteiger partial charge in [0.05, 0.1) is 18.0 Å². The Morgan fingerprint density at radius 2 is 2.00 bits per heavy atom. The molecule has 1 aromatic carbocycles. The Hall–Kier alpha value is -2.19. The van der Waals surface area contributed by atoms with Gasteiger partial charge in [0.2, 0.25) is 15.9 Å². The first-order valence-electron chi connectivity index (χ1n) is 5.87. The standard InChI is InChI=1S/C12H14N4O3S/c17-12(15-8-11-13-6-7-14-11)9-16-20(18,19)10-4-2-1-3-5-10/h1-7,16H,8-9H2,(H,13,14)(H,15,17). The SMILES string of the molecule is O=C(CNS(=O)(=O)c1ccccc1)NCc1ncc[nH]1. The summed E-state index contributed by atoms with van der Waals surface area (Å²) in [4.78, 5) is 18.4. The average molecular weight is 294 g/mol. The molecule has 0 unspecified atom stereocenters. The van der Waals surface area contributed by atoms with Crippen molar-refractivity contribution in [3.63, 3.8) is 0 Å². The molecule has 0 spiro atoms. The van der Waals surface area contributed by atoms with E-state index in [1.807, 2.05) is 0 Å². The third-order valence-corrected chi connectivity index (χ3v) is 3.90. The van der Waals surface area contributed by atoms with Crippen molar-refractivity contribution < 1.29 is 13.2 Å². The average Bonchev–Trinajstić information content (AvgIpc) is 2.97. The number of nitrogens with one attached hydrogen (secondary N) is 3. The second-order valence-corrected chi connectivity index (χ2v) is 5.72. The van der Waals surface area contributed by atoms with E-state index in [9.17, 15) is 13.2 Å². The molecule has 0 saturated heterocycles. The number of carbonyl (C=O) groups excluding carboxylic acids is 1. The predicted octanol–water partition coefficient (Wildman–Crippen LogP) is 0.00440. The number of imidazole rings is 1. The van der Waals surface area contributed by atoms with Crippen LogP contribution in [0.5, 0.6) is 0 Å². The first-order chi connectivity index (χ1) is 9.58. The third-order valence-electron chi connectivity index (χ3n) is 2.48. The van der Waals surface area contributed by atoms with Crippen molar-refractivity contribution in [2.75, 3.05) is 6.54 Å². The summed E-state index contributed by atoms with van der Waals surface area (Å²) in [6.45, 7) is -0.100. The van der Waals surface area contributed by atoms with Crippen LogP contribution in [0.2, 0.25) is 0 Å². The van der Waals surface area contributed by atoms with E-state index >= 15 is 0 Å². The zero-order chi connectivity index (χ0) is 14.4. The summed E-state index contributed by atoms with van der Waals surface area (Å²) in [5, 5.41) is 2.55. The van der Waals surface area contributed by atoms with Gasteiger partial charge >= 0.3 is 0 Å². The fourth-order valence-electron chi connectivity index (χ4n) is 1.48. The molecule has 0 fully saturated rings. The Bertz CT molecular complexity index is 653. The van der Waals surface area contributed by atoms with Gasteiger partial charge in [-0.3, -0.25) is 4.79 Å². The Morgan fingerprint density at radius 1 is 1.25 bits per heavy atom. The molecule has 0 bridgehead atoms. The number of amides is 1. The first kappa shape index (κ1) is 14.2. The highest BCUT2D eigenvalue weighted by Gasteiger charge is 2.14. The lowest BCUT2D eigenvalue weighted by atomic mass is 10.4. The van der Waals surface area contributed by atoms with E-state index in [2.05, 4.69) is 20.0 Å². The molecule has 1 aromatic heterocycles. The summed E-state index contributed by atoms with van der Waals surface area (Å²) in [7, 11) is -3.66. The Kier molecular flexibility index (Phi) is 4.49. The van der Waals surface area contributed by atoms with E-state index in [0.717, 1.165) is 0 Å². The van der Waals surface area contributed by atoms with Crippen LogP contribution in [0.3, 0.4) is 0 Å². The molecule has 1 heterocycles. The van der Waals surface area contributed by atoms with Gasteiger partial charge in [-0.1, -0.05) is 18.2 Å². The second-order valence-electron chi connectivity index (χ2n) is 3.95. The van der Waals surface area contributed by atoms with Gasteiger partial charge < -0.3 is 10.3 Å². The maximum absolute atomic E-state index is 11.9. The highest BCUT2D eigenvalue weighted by molar-refractivity contribution is 7.89. The molecule has 20 heavy (non-hydrogen) atoms. The lowest BCUT2D eigenvalue weighted by Gasteiger charge is -2.07. The van der Waals surface area contributed by atoms with Gasteiger partial charge in [0.15, 0.2) is 0 Å². The van der Waals surface area contributed by atoms with Crippen molar-refractivity contribution in [2.24, 2.45) is 0 Å². The molecule has 2 rings (SSSR count). The molecule has 2 aromatic rings. The van der Waals surface area contributed by atoms with Crippen molar-refractivity contribution >= 4 is 15.9 Å². The van der Waals surface area contributed by atoms with Crippen LogP contribution in [0, 0.1) is 0 Å². The van der Waals surface area contributed by atoms with E-state index in [0.29, 0.717) is 5.82 Å². The zero-order valence-electron chi connectivity index (χ0n) is 10.5. The van der Waals surface area contributed by atoms with Crippen LogP contribution in [0.15, 0.2) is 47.6 Å². The summed E-state index contributed by atoms with van der Waals surface area (Å²) in [5.41, 5.74) is 0. The fraction of sp³-hybridized carbons (Fsp3) is 0.167. The van der Waals surface area contributed by atoms with Crippen LogP contribution in [-0.4, -0.2) is 30.8 Å². The van der Waals surface area contributed by atoms with E-state index in [4.69, 9.17) is 0 Å². The van der Waals surface area contributed by atoms with Gasteiger partial charge in [0.1, 0.15) is 5.82 Å². The van der Waals surface area contributed by atoms with Crippen LogP contribution in [0.25, 0.3) is 0 Å². The van der Waals surface area contributed by atoms with Crippen molar-refractivity contribution in [3.05, 3.63) is 48.5 Å². The molecule has 106 valence electrons. The maximum Gasteiger partial charge on any atom is 0.241 e. The lowest BCUT2D eigenvalue weighted by Crippen LogP contribution is -2.36. The minimum atomic E-state index is -3.66. The summed E-state index contributed by atoms with van der Waals surface area (Å²) in [6.07, 6.45) is 3.21. The highest BCUT2D eigenvalue weighted by Crippen LogP contribution is 2.06. The van der Waals surface area contributed by atoms with Crippen molar-refractivity contribution in [1.82, 2.24) is 20.0 Å². The maximum atomic E-state index is 11.9. The van der Waals surface area contributed by atoms with Crippen molar-refractivity contribution in [3.8, 4) is 0 Å². The van der Waals surface area contributed by atoms with Crippen LogP contribution in [0.1, 0.15) is 5.82 Å². The highest BCUT2D eigenvalue weighted by atomic mass is 32.2. The van der Waals surface area contributed by atoms with Gasteiger partial charge in [0, 0.05) is 12.4 Å². The smallest absolute Gasteiger partial charge is 0.241 e. The predicted molar refractivity (Wildman–Crippen MR) is 72.1 cm³/mol. The summed E-state index contributed by atoms with van der Waals surface area (Å²) in [6, 6.07) is 7.87. The van der Waals surface area contributed by atoms with Crippen molar-refractivity contribution in [1.29, 1.82) is 0 Å². The molecule has 8 heteroatoms. The number of aromatic amines is 1. The number of benzene rings is 1. The number of rotatable bonds is 6. The molecule has 7 nitrogen and oxygen atoms in total. The molecule has 0 aliphatic heterocycles. The quantitative estimate of drug-likeness (QED) is 0.697. The number of hydrogen-bond donors (Lipinski definition) is 3. The fourth-order valence-corrected chi connectivity index (χ4v) is 2.49. The Morgan fingerprint density at radius 3 is 2.65 bits per heavy atom. The molecule has 0 aliphatic rings. The number of hydrogen-bond acceptors (Lipinski definition) is 4. The monoisotopic (exact) mass is 294 g/mol. The topological polar surface area (TPSA) is 104 Å². The summed E-state index contributed by atoms with van der Waals surface area (Å²) < 4.78 is 26.0. The van der Waals surface area contributed by atoms with E-state index in [1.165, 1.54) is 12.1 Å². The van der Waals surface area contributed by atoms with E-state index in [1.54, 1.807) is 30.6 Å². The van der Waals surface area contributed by atoms with E-state index in [-0.39, 0.29) is 18.0 Å². The molecule has 3 N–H and O–H groups in total. The number of carbonyl (C=O) groups is 1. The number of sulfonamides is 1.